The first-order chi connectivity index (χ1) is 13.1. The van der Waals surface area contributed by atoms with Crippen LogP contribution in [0.1, 0.15) is 32.2 Å². The second-order valence-electron chi connectivity index (χ2n) is 6.78. The van der Waals surface area contributed by atoms with Crippen molar-refractivity contribution in [2.45, 2.75) is 37.4 Å². The van der Waals surface area contributed by atoms with E-state index < -0.39 is 0 Å². The van der Waals surface area contributed by atoms with Crippen LogP contribution in [0.2, 0.25) is 0 Å². The number of aromatic amines is 1. The summed E-state index contributed by atoms with van der Waals surface area (Å²) < 4.78 is 6.68. The Balaban J connectivity index is 1.42. The molecule has 4 rings (SSSR count). The first kappa shape index (κ1) is 18.0. The Labute approximate surface area is 159 Å². The van der Waals surface area contributed by atoms with Gasteiger partial charge in [0.05, 0.1) is 24.8 Å². The fourth-order valence-electron chi connectivity index (χ4n) is 3.66. The van der Waals surface area contributed by atoms with E-state index in [1.54, 1.807) is 16.4 Å². The maximum Gasteiger partial charge on any atom is 0.309 e. The Hall–Kier alpha value is -2.36. The average molecular weight is 391 g/mol. The third kappa shape index (κ3) is 3.33. The minimum Gasteiger partial charge on any atom is -0.466 e. The number of aromatic nitrogens is 4. The lowest BCUT2D eigenvalue weighted by Gasteiger charge is -2.31. The van der Waals surface area contributed by atoms with Crippen LogP contribution < -0.4 is 5.56 Å². The Bertz CT molecular complexity index is 931. The van der Waals surface area contributed by atoms with Crippen LogP contribution in [-0.4, -0.2) is 62.0 Å². The number of likely N-dealkylation sites (tertiary alicyclic amines) is 1. The Morgan fingerprint density at radius 1 is 1.37 bits per heavy atom. The SMILES string of the molecule is CCOC(=O)C1CCN(C(=O)CC2CSc3nc4[nH]ncc4c(=O)n32)CC1. The van der Waals surface area contributed by atoms with E-state index in [4.69, 9.17) is 4.74 Å². The number of hydrogen-bond donors (Lipinski definition) is 1. The van der Waals surface area contributed by atoms with Crippen LogP contribution in [0.25, 0.3) is 11.0 Å². The van der Waals surface area contributed by atoms with Crippen LogP contribution in [0.3, 0.4) is 0 Å². The molecule has 9 nitrogen and oxygen atoms in total. The number of amides is 1. The molecule has 0 saturated carbocycles. The van der Waals surface area contributed by atoms with E-state index in [0.717, 1.165) is 0 Å². The first-order valence-corrected chi connectivity index (χ1v) is 10.1. The summed E-state index contributed by atoms with van der Waals surface area (Å²) in [5.41, 5.74) is 0.319. The van der Waals surface area contributed by atoms with Crippen molar-refractivity contribution in [3.63, 3.8) is 0 Å². The van der Waals surface area contributed by atoms with Gasteiger partial charge in [-0.3, -0.25) is 24.0 Å². The van der Waals surface area contributed by atoms with Gasteiger partial charge in [-0.15, -0.1) is 0 Å². The molecular weight excluding hydrogens is 370 g/mol. The smallest absolute Gasteiger partial charge is 0.309 e. The molecule has 10 heteroatoms. The van der Waals surface area contributed by atoms with E-state index in [2.05, 4.69) is 15.2 Å². The second kappa shape index (κ2) is 7.34. The predicted octanol–water partition coefficient (Wildman–Crippen LogP) is 0.958. The predicted molar refractivity (Wildman–Crippen MR) is 98.5 cm³/mol. The maximum absolute atomic E-state index is 12.7. The van der Waals surface area contributed by atoms with Gasteiger partial charge in [-0.05, 0) is 19.8 Å². The van der Waals surface area contributed by atoms with Crippen molar-refractivity contribution in [2.75, 3.05) is 25.4 Å². The van der Waals surface area contributed by atoms with Gasteiger partial charge in [0.1, 0.15) is 5.39 Å². The molecule has 2 aromatic heterocycles. The molecule has 1 atom stereocenters. The number of carbonyl (C=O) groups is 2. The van der Waals surface area contributed by atoms with Crippen molar-refractivity contribution in [2.24, 2.45) is 5.92 Å². The molecule has 1 N–H and O–H groups in total. The highest BCUT2D eigenvalue weighted by molar-refractivity contribution is 7.99. The summed E-state index contributed by atoms with van der Waals surface area (Å²) in [4.78, 5) is 43.5. The number of esters is 1. The van der Waals surface area contributed by atoms with E-state index in [9.17, 15) is 14.4 Å². The van der Waals surface area contributed by atoms with Crippen LogP contribution in [0.4, 0.5) is 0 Å². The minimum absolute atomic E-state index is 0.00921. The molecule has 1 fully saturated rings. The number of fused-ring (bicyclic) bond motifs is 2. The quantitative estimate of drug-likeness (QED) is 0.610. The normalized spacial score (nSPS) is 20.0. The van der Waals surface area contributed by atoms with Crippen LogP contribution >= 0.6 is 11.8 Å². The molecule has 0 spiro atoms. The van der Waals surface area contributed by atoms with Crippen molar-refractivity contribution in [3.8, 4) is 0 Å². The number of nitrogens with zero attached hydrogens (tertiary/aromatic N) is 4. The molecule has 1 saturated heterocycles. The zero-order valence-corrected chi connectivity index (χ0v) is 15.8. The fourth-order valence-corrected chi connectivity index (χ4v) is 4.80. The monoisotopic (exact) mass is 391 g/mol. The highest BCUT2D eigenvalue weighted by Gasteiger charge is 2.32. The van der Waals surface area contributed by atoms with Gasteiger partial charge in [0, 0.05) is 25.3 Å². The lowest BCUT2D eigenvalue weighted by molar-refractivity contribution is -0.151. The average Bonchev–Trinajstić information content (AvgIpc) is 3.30. The number of hydrogen-bond acceptors (Lipinski definition) is 7. The third-order valence-electron chi connectivity index (χ3n) is 5.13. The molecule has 1 unspecified atom stereocenters. The van der Waals surface area contributed by atoms with Gasteiger partial charge in [-0.2, -0.15) is 5.10 Å². The van der Waals surface area contributed by atoms with E-state index in [1.165, 1.54) is 18.0 Å². The number of carbonyl (C=O) groups excluding carboxylic acids is 2. The standard InChI is InChI=1S/C17H21N5O4S/c1-2-26-16(25)10-3-5-21(6-4-10)13(23)7-11-9-27-17-19-14-12(8-18-20-14)15(24)22(11)17/h8,10-11H,2-7,9H2,1H3,(H,18,20). The lowest BCUT2D eigenvalue weighted by atomic mass is 9.96. The Morgan fingerprint density at radius 2 is 2.15 bits per heavy atom. The van der Waals surface area contributed by atoms with Gasteiger partial charge < -0.3 is 9.64 Å². The first-order valence-electron chi connectivity index (χ1n) is 9.11. The highest BCUT2D eigenvalue weighted by Crippen LogP contribution is 2.33. The van der Waals surface area contributed by atoms with Crippen molar-refractivity contribution < 1.29 is 14.3 Å². The van der Waals surface area contributed by atoms with E-state index in [-0.39, 0.29) is 35.8 Å². The molecule has 0 bridgehead atoms. The zero-order chi connectivity index (χ0) is 19.0. The van der Waals surface area contributed by atoms with Gasteiger partial charge in [0.2, 0.25) is 5.91 Å². The zero-order valence-electron chi connectivity index (χ0n) is 15.0. The maximum atomic E-state index is 12.7. The summed E-state index contributed by atoms with van der Waals surface area (Å²) in [7, 11) is 0. The molecule has 27 heavy (non-hydrogen) atoms. The summed E-state index contributed by atoms with van der Waals surface area (Å²) in [6.07, 6.45) is 2.98. The summed E-state index contributed by atoms with van der Waals surface area (Å²) in [6.45, 7) is 3.26. The third-order valence-corrected chi connectivity index (χ3v) is 6.23. The van der Waals surface area contributed by atoms with E-state index in [1.807, 2.05) is 0 Å². The molecule has 0 radical (unpaired) electrons. The van der Waals surface area contributed by atoms with Gasteiger partial charge >= 0.3 is 5.97 Å². The second-order valence-corrected chi connectivity index (χ2v) is 7.77. The lowest BCUT2D eigenvalue weighted by Crippen LogP contribution is -2.41. The number of ether oxygens (including phenoxy) is 1. The molecule has 1 amide bonds. The summed E-state index contributed by atoms with van der Waals surface area (Å²) in [5, 5.41) is 7.65. The number of nitrogens with one attached hydrogen (secondary N) is 1. The van der Waals surface area contributed by atoms with Crippen molar-refractivity contribution in [1.82, 2.24) is 24.6 Å². The number of rotatable bonds is 4. The van der Waals surface area contributed by atoms with Crippen molar-refractivity contribution >= 4 is 34.7 Å². The Kier molecular flexibility index (Phi) is 4.90. The van der Waals surface area contributed by atoms with Gasteiger partial charge in [-0.1, -0.05) is 11.8 Å². The van der Waals surface area contributed by atoms with Crippen molar-refractivity contribution in [3.05, 3.63) is 16.6 Å². The molecule has 2 aromatic rings. The number of thioether (sulfide) groups is 1. The number of piperidine rings is 1. The molecule has 0 aliphatic carbocycles. The van der Waals surface area contributed by atoms with Gasteiger partial charge in [0.15, 0.2) is 10.8 Å². The molecule has 0 aromatic carbocycles. The van der Waals surface area contributed by atoms with E-state index >= 15 is 0 Å². The highest BCUT2D eigenvalue weighted by atomic mass is 32.2. The summed E-state index contributed by atoms with van der Waals surface area (Å²) in [6, 6.07) is -0.209. The topological polar surface area (TPSA) is 110 Å². The molecule has 144 valence electrons. The van der Waals surface area contributed by atoms with Crippen molar-refractivity contribution in [1.29, 1.82) is 0 Å². The van der Waals surface area contributed by atoms with Crippen LogP contribution in [-0.2, 0) is 14.3 Å². The fraction of sp³-hybridized carbons (Fsp3) is 0.588. The molecule has 4 heterocycles. The number of H-pyrrole nitrogens is 1. The molecular formula is C17H21N5O4S. The summed E-state index contributed by atoms with van der Waals surface area (Å²) in [5.74, 6) is 0.355. The van der Waals surface area contributed by atoms with Crippen LogP contribution in [0.15, 0.2) is 16.1 Å². The molecule has 2 aliphatic heterocycles. The van der Waals surface area contributed by atoms with Crippen LogP contribution in [0, 0.1) is 5.92 Å². The largest absolute Gasteiger partial charge is 0.466 e. The molecule has 2 aliphatic rings. The van der Waals surface area contributed by atoms with E-state index in [0.29, 0.717) is 54.5 Å². The minimum atomic E-state index is -0.209. The van der Waals surface area contributed by atoms with Gasteiger partial charge in [0.25, 0.3) is 5.56 Å². The summed E-state index contributed by atoms with van der Waals surface area (Å²) >= 11 is 1.48. The van der Waals surface area contributed by atoms with Gasteiger partial charge in [-0.25, -0.2) is 4.98 Å². The van der Waals surface area contributed by atoms with Crippen LogP contribution in [0.5, 0.6) is 0 Å². The Morgan fingerprint density at radius 3 is 2.89 bits per heavy atom.